The molecule has 0 bridgehead atoms. The highest BCUT2D eigenvalue weighted by molar-refractivity contribution is 6.30. The fourth-order valence-electron chi connectivity index (χ4n) is 2.96. The number of halogens is 1. The van der Waals surface area contributed by atoms with Gasteiger partial charge < -0.3 is 9.97 Å². The van der Waals surface area contributed by atoms with Crippen LogP contribution < -0.4 is 5.56 Å². The van der Waals surface area contributed by atoms with Crippen molar-refractivity contribution in [3.8, 4) is 11.4 Å². The van der Waals surface area contributed by atoms with E-state index in [1.807, 2.05) is 12.1 Å². The molecule has 7 heteroatoms. The number of benzene rings is 1. The molecule has 0 atom stereocenters. The summed E-state index contributed by atoms with van der Waals surface area (Å²) in [7, 11) is 0. The maximum atomic E-state index is 12.5. The van der Waals surface area contributed by atoms with Gasteiger partial charge in [0.05, 0.1) is 17.8 Å². The second-order valence-corrected chi connectivity index (χ2v) is 6.28. The van der Waals surface area contributed by atoms with Gasteiger partial charge in [0.2, 0.25) is 0 Å². The molecule has 0 unspecified atom stereocenters. The Hall–Kier alpha value is -2.44. The fourth-order valence-corrected chi connectivity index (χ4v) is 3.08. The number of imidazole rings is 1. The van der Waals surface area contributed by atoms with E-state index in [0.29, 0.717) is 23.9 Å². The first-order valence-corrected chi connectivity index (χ1v) is 8.15. The van der Waals surface area contributed by atoms with Gasteiger partial charge in [-0.15, -0.1) is 0 Å². The van der Waals surface area contributed by atoms with E-state index in [4.69, 9.17) is 11.6 Å². The molecule has 0 saturated heterocycles. The van der Waals surface area contributed by atoms with Crippen molar-refractivity contribution in [2.24, 2.45) is 0 Å². The lowest BCUT2D eigenvalue weighted by molar-refractivity contribution is 0.236. The van der Waals surface area contributed by atoms with Crippen molar-refractivity contribution in [1.29, 1.82) is 0 Å². The smallest absolute Gasteiger partial charge is 0.255 e. The molecule has 1 aliphatic rings. The SMILES string of the molecule is O=c1[nH]c(-c2ccc(Cl)cc2)nc2c1CN(Cc1ncc[nH]1)CC2. The second-order valence-electron chi connectivity index (χ2n) is 5.84. The third kappa shape index (κ3) is 2.98. The number of hydrogen-bond donors (Lipinski definition) is 2. The van der Waals surface area contributed by atoms with Crippen LogP contribution in [0.15, 0.2) is 41.5 Å². The highest BCUT2D eigenvalue weighted by Crippen LogP contribution is 2.21. The van der Waals surface area contributed by atoms with Gasteiger partial charge in [-0.05, 0) is 24.3 Å². The average Bonchev–Trinajstić information content (AvgIpc) is 3.09. The molecule has 0 radical (unpaired) electrons. The van der Waals surface area contributed by atoms with Gasteiger partial charge in [-0.1, -0.05) is 11.6 Å². The van der Waals surface area contributed by atoms with Gasteiger partial charge in [0, 0.05) is 42.5 Å². The van der Waals surface area contributed by atoms with Gasteiger partial charge in [0.15, 0.2) is 0 Å². The van der Waals surface area contributed by atoms with Crippen LogP contribution in [-0.2, 0) is 19.5 Å². The Bertz CT molecular complexity index is 902. The molecule has 3 heterocycles. The number of fused-ring (bicyclic) bond motifs is 1. The highest BCUT2D eigenvalue weighted by Gasteiger charge is 2.22. The summed E-state index contributed by atoms with van der Waals surface area (Å²) in [4.78, 5) is 29.6. The van der Waals surface area contributed by atoms with Crippen molar-refractivity contribution in [2.75, 3.05) is 6.54 Å². The second kappa shape index (κ2) is 6.22. The molecule has 6 nitrogen and oxygen atoms in total. The fraction of sp³-hybridized carbons (Fsp3) is 0.235. The Morgan fingerprint density at radius 1 is 1.25 bits per heavy atom. The van der Waals surface area contributed by atoms with Crippen molar-refractivity contribution in [3.63, 3.8) is 0 Å². The highest BCUT2D eigenvalue weighted by atomic mass is 35.5. The molecule has 24 heavy (non-hydrogen) atoms. The van der Waals surface area contributed by atoms with Crippen LogP contribution in [-0.4, -0.2) is 31.4 Å². The molecule has 1 aromatic carbocycles. The van der Waals surface area contributed by atoms with E-state index in [9.17, 15) is 4.79 Å². The van der Waals surface area contributed by atoms with E-state index >= 15 is 0 Å². The van der Waals surface area contributed by atoms with Gasteiger partial charge in [-0.25, -0.2) is 9.97 Å². The molecular weight excluding hydrogens is 326 g/mol. The zero-order valence-corrected chi connectivity index (χ0v) is 13.7. The molecule has 0 saturated carbocycles. The third-order valence-corrected chi connectivity index (χ3v) is 4.45. The quantitative estimate of drug-likeness (QED) is 0.766. The molecule has 0 aliphatic carbocycles. The van der Waals surface area contributed by atoms with Crippen LogP contribution in [0.1, 0.15) is 17.1 Å². The number of aromatic nitrogens is 4. The minimum absolute atomic E-state index is 0.0749. The first-order chi connectivity index (χ1) is 11.7. The molecule has 0 amide bonds. The number of rotatable bonds is 3. The standard InChI is InChI=1S/C17H16ClN5O/c18-12-3-1-11(2-4-12)16-21-14-5-8-23(9-13(14)17(24)22-16)10-15-19-6-7-20-15/h1-4,6-7H,5,8-10H2,(H,19,20)(H,21,22,24). The van der Waals surface area contributed by atoms with Gasteiger partial charge in [0.25, 0.3) is 5.56 Å². The predicted molar refractivity (Wildman–Crippen MR) is 91.7 cm³/mol. The molecule has 0 fully saturated rings. The van der Waals surface area contributed by atoms with Gasteiger partial charge in [-0.2, -0.15) is 0 Å². The maximum Gasteiger partial charge on any atom is 0.255 e. The van der Waals surface area contributed by atoms with Crippen molar-refractivity contribution in [1.82, 2.24) is 24.8 Å². The molecule has 4 rings (SSSR count). The van der Waals surface area contributed by atoms with Crippen molar-refractivity contribution in [2.45, 2.75) is 19.5 Å². The number of H-pyrrole nitrogens is 2. The largest absolute Gasteiger partial charge is 0.348 e. The van der Waals surface area contributed by atoms with Crippen LogP contribution in [0.25, 0.3) is 11.4 Å². The molecule has 2 N–H and O–H groups in total. The van der Waals surface area contributed by atoms with Crippen molar-refractivity contribution >= 4 is 11.6 Å². The third-order valence-electron chi connectivity index (χ3n) is 4.19. The molecule has 122 valence electrons. The summed E-state index contributed by atoms with van der Waals surface area (Å²) in [5.74, 6) is 1.50. The summed E-state index contributed by atoms with van der Waals surface area (Å²) < 4.78 is 0. The molecule has 1 aliphatic heterocycles. The van der Waals surface area contributed by atoms with Gasteiger partial charge >= 0.3 is 0 Å². The number of nitrogens with one attached hydrogen (secondary N) is 2. The Balaban J connectivity index is 1.61. The van der Waals surface area contributed by atoms with E-state index < -0.39 is 0 Å². The maximum absolute atomic E-state index is 12.5. The molecule has 3 aromatic rings. The van der Waals surface area contributed by atoms with E-state index in [0.717, 1.165) is 35.6 Å². The van der Waals surface area contributed by atoms with E-state index in [2.05, 4.69) is 24.8 Å². The topological polar surface area (TPSA) is 77.7 Å². The first kappa shape index (κ1) is 15.1. The molecular formula is C17H16ClN5O. The van der Waals surface area contributed by atoms with Crippen molar-refractivity contribution < 1.29 is 0 Å². The van der Waals surface area contributed by atoms with Crippen LogP contribution >= 0.6 is 11.6 Å². The summed E-state index contributed by atoms with van der Waals surface area (Å²) in [6, 6.07) is 7.31. The van der Waals surface area contributed by atoms with E-state index in [1.165, 1.54) is 0 Å². The minimum Gasteiger partial charge on any atom is -0.348 e. The number of hydrogen-bond acceptors (Lipinski definition) is 4. The van der Waals surface area contributed by atoms with Gasteiger partial charge in [-0.3, -0.25) is 9.69 Å². The summed E-state index contributed by atoms with van der Waals surface area (Å²) in [6.07, 6.45) is 4.29. The molecule has 0 spiro atoms. The minimum atomic E-state index is -0.0749. The Morgan fingerprint density at radius 2 is 2.08 bits per heavy atom. The first-order valence-electron chi connectivity index (χ1n) is 7.77. The van der Waals surface area contributed by atoms with Crippen molar-refractivity contribution in [3.05, 3.63) is 69.1 Å². The summed E-state index contributed by atoms with van der Waals surface area (Å²) in [5, 5.41) is 0.660. The van der Waals surface area contributed by atoms with Crippen LogP contribution in [0.5, 0.6) is 0 Å². The normalized spacial score (nSPS) is 14.5. The average molecular weight is 342 g/mol. The number of aromatic amines is 2. The molecule has 2 aromatic heterocycles. The van der Waals surface area contributed by atoms with Crippen LogP contribution in [0, 0.1) is 0 Å². The number of nitrogens with zero attached hydrogens (tertiary/aromatic N) is 3. The Morgan fingerprint density at radius 3 is 2.83 bits per heavy atom. The van der Waals surface area contributed by atoms with E-state index in [1.54, 1.807) is 24.5 Å². The lowest BCUT2D eigenvalue weighted by atomic mass is 10.1. The Labute approximate surface area is 143 Å². The zero-order valence-electron chi connectivity index (χ0n) is 12.9. The predicted octanol–water partition coefficient (Wildman–Crippen LogP) is 2.37. The van der Waals surface area contributed by atoms with Gasteiger partial charge in [0.1, 0.15) is 11.6 Å². The van der Waals surface area contributed by atoms with E-state index in [-0.39, 0.29) is 5.56 Å². The lowest BCUT2D eigenvalue weighted by Gasteiger charge is -2.26. The van der Waals surface area contributed by atoms with Crippen LogP contribution in [0.4, 0.5) is 0 Å². The lowest BCUT2D eigenvalue weighted by Crippen LogP contribution is -2.35. The Kier molecular flexibility index (Phi) is 3.92. The zero-order chi connectivity index (χ0) is 16.5. The summed E-state index contributed by atoms with van der Waals surface area (Å²) >= 11 is 5.91. The van der Waals surface area contributed by atoms with Crippen LogP contribution in [0.3, 0.4) is 0 Å². The summed E-state index contributed by atoms with van der Waals surface area (Å²) in [6.45, 7) is 2.13. The van der Waals surface area contributed by atoms with Crippen LogP contribution in [0.2, 0.25) is 5.02 Å². The monoisotopic (exact) mass is 341 g/mol. The summed E-state index contributed by atoms with van der Waals surface area (Å²) in [5.41, 5.74) is 2.40.